The van der Waals surface area contributed by atoms with Gasteiger partial charge in [-0.3, -0.25) is 9.78 Å². The van der Waals surface area contributed by atoms with Gasteiger partial charge in [0.2, 0.25) is 0 Å². The van der Waals surface area contributed by atoms with Crippen LogP contribution in [-0.4, -0.2) is 22.3 Å². The van der Waals surface area contributed by atoms with Crippen LogP contribution in [0, 0.1) is 6.92 Å². The van der Waals surface area contributed by atoms with E-state index in [1.54, 1.807) is 6.20 Å². The molecule has 0 bridgehead atoms. The van der Waals surface area contributed by atoms with Gasteiger partial charge in [0.05, 0.1) is 11.6 Å². The summed E-state index contributed by atoms with van der Waals surface area (Å²) in [5.41, 5.74) is 2.74. The summed E-state index contributed by atoms with van der Waals surface area (Å²) in [6, 6.07) is 14.2. The third kappa shape index (κ3) is 2.31. The summed E-state index contributed by atoms with van der Waals surface area (Å²) >= 11 is 0. The number of benzene rings is 1. The molecular weight excluding hydrogens is 248 g/mol. The van der Waals surface area contributed by atoms with E-state index in [4.69, 9.17) is 0 Å². The highest BCUT2D eigenvalue weighted by molar-refractivity contribution is 5.95. The van der Waals surface area contributed by atoms with Crippen LogP contribution in [0.25, 0.3) is 0 Å². The van der Waals surface area contributed by atoms with Gasteiger partial charge in [0, 0.05) is 18.4 Å². The molecule has 0 saturated carbocycles. The van der Waals surface area contributed by atoms with Crippen LogP contribution in [0.15, 0.2) is 48.7 Å². The van der Waals surface area contributed by atoms with Gasteiger partial charge in [-0.15, -0.1) is 0 Å². The van der Waals surface area contributed by atoms with E-state index >= 15 is 0 Å². The topological polar surface area (TPSA) is 33.2 Å². The summed E-state index contributed by atoms with van der Waals surface area (Å²) in [6.45, 7) is 2.72. The number of aromatic nitrogens is 1. The fourth-order valence-electron chi connectivity index (χ4n) is 2.90. The van der Waals surface area contributed by atoms with Crippen LogP contribution in [0.2, 0.25) is 0 Å². The summed E-state index contributed by atoms with van der Waals surface area (Å²) in [5.74, 6) is 0.0990. The number of nitrogens with zero attached hydrogens (tertiary/aromatic N) is 2. The molecule has 1 aliphatic rings. The lowest BCUT2D eigenvalue weighted by atomic mass is 10.0. The van der Waals surface area contributed by atoms with Crippen molar-refractivity contribution < 1.29 is 4.79 Å². The van der Waals surface area contributed by atoms with E-state index in [0.29, 0.717) is 0 Å². The Morgan fingerprint density at radius 1 is 1.20 bits per heavy atom. The van der Waals surface area contributed by atoms with Crippen molar-refractivity contribution in [1.29, 1.82) is 0 Å². The summed E-state index contributed by atoms with van der Waals surface area (Å²) in [5, 5.41) is 0. The zero-order chi connectivity index (χ0) is 13.9. The van der Waals surface area contributed by atoms with Crippen LogP contribution < -0.4 is 0 Å². The lowest BCUT2D eigenvalue weighted by molar-refractivity contribution is 0.0734. The largest absolute Gasteiger partial charge is 0.332 e. The SMILES string of the molecule is Cc1ncccc1C(=O)N1CCCC1c1ccccc1. The number of hydrogen-bond acceptors (Lipinski definition) is 2. The van der Waals surface area contributed by atoms with Gasteiger partial charge >= 0.3 is 0 Å². The summed E-state index contributed by atoms with van der Waals surface area (Å²) < 4.78 is 0. The Morgan fingerprint density at radius 2 is 2.00 bits per heavy atom. The average Bonchev–Trinajstić information content (AvgIpc) is 2.97. The predicted octanol–water partition coefficient (Wildman–Crippen LogP) is 3.37. The van der Waals surface area contributed by atoms with E-state index < -0.39 is 0 Å². The van der Waals surface area contributed by atoms with Crippen LogP contribution >= 0.6 is 0 Å². The molecule has 1 aromatic heterocycles. The second-order valence-electron chi connectivity index (χ2n) is 5.20. The molecule has 3 nitrogen and oxygen atoms in total. The molecule has 1 aromatic carbocycles. The van der Waals surface area contributed by atoms with Crippen molar-refractivity contribution in [1.82, 2.24) is 9.88 Å². The Hall–Kier alpha value is -2.16. The minimum absolute atomic E-state index is 0.0990. The lowest BCUT2D eigenvalue weighted by Gasteiger charge is -2.25. The first kappa shape index (κ1) is 12.9. The first-order valence-electron chi connectivity index (χ1n) is 7.05. The second kappa shape index (κ2) is 5.45. The number of likely N-dealkylation sites (tertiary alicyclic amines) is 1. The normalized spacial score (nSPS) is 18.2. The first-order chi connectivity index (χ1) is 9.77. The molecule has 102 valence electrons. The summed E-state index contributed by atoms with van der Waals surface area (Å²) in [7, 11) is 0. The molecule has 2 aromatic rings. The molecule has 0 N–H and O–H groups in total. The molecule has 1 aliphatic heterocycles. The highest BCUT2D eigenvalue weighted by atomic mass is 16.2. The average molecular weight is 266 g/mol. The van der Waals surface area contributed by atoms with Crippen molar-refractivity contribution in [2.75, 3.05) is 6.54 Å². The minimum atomic E-state index is 0.0990. The Labute approximate surface area is 119 Å². The van der Waals surface area contributed by atoms with Crippen LogP contribution in [-0.2, 0) is 0 Å². The quantitative estimate of drug-likeness (QED) is 0.835. The molecular formula is C17H18N2O. The van der Waals surface area contributed by atoms with Crippen molar-refractivity contribution >= 4 is 5.91 Å². The summed E-state index contributed by atoms with van der Waals surface area (Å²) in [6.07, 6.45) is 3.82. The molecule has 1 amide bonds. The van der Waals surface area contributed by atoms with E-state index in [9.17, 15) is 4.79 Å². The van der Waals surface area contributed by atoms with E-state index in [-0.39, 0.29) is 11.9 Å². The van der Waals surface area contributed by atoms with Crippen molar-refractivity contribution in [2.45, 2.75) is 25.8 Å². The van der Waals surface area contributed by atoms with Crippen molar-refractivity contribution in [3.8, 4) is 0 Å². The number of carbonyl (C=O) groups is 1. The molecule has 20 heavy (non-hydrogen) atoms. The van der Waals surface area contributed by atoms with Crippen LogP contribution in [0.5, 0.6) is 0 Å². The fraction of sp³-hybridized carbons (Fsp3) is 0.294. The molecule has 2 heterocycles. The van der Waals surface area contributed by atoms with Crippen molar-refractivity contribution in [3.63, 3.8) is 0 Å². The van der Waals surface area contributed by atoms with Crippen LogP contribution in [0.1, 0.15) is 40.5 Å². The Balaban J connectivity index is 1.90. The highest BCUT2D eigenvalue weighted by Crippen LogP contribution is 2.33. The minimum Gasteiger partial charge on any atom is -0.332 e. The third-order valence-corrected chi connectivity index (χ3v) is 3.94. The van der Waals surface area contributed by atoms with E-state index in [1.807, 2.05) is 42.2 Å². The predicted molar refractivity (Wildman–Crippen MR) is 78.4 cm³/mol. The van der Waals surface area contributed by atoms with E-state index in [0.717, 1.165) is 30.6 Å². The number of amides is 1. The van der Waals surface area contributed by atoms with Crippen molar-refractivity contribution in [3.05, 3.63) is 65.5 Å². The Bertz CT molecular complexity index is 609. The lowest BCUT2D eigenvalue weighted by Crippen LogP contribution is -2.31. The van der Waals surface area contributed by atoms with Gasteiger partial charge < -0.3 is 4.90 Å². The van der Waals surface area contributed by atoms with Gasteiger partial charge in [-0.05, 0) is 37.5 Å². The number of rotatable bonds is 2. The monoisotopic (exact) mass is 266 g/mol. The zero-order valence-corrected chi connectivity index (χ0v) is 11.6. The molecule has 0 aliphatic carbocycles. The van der Waals surface area contributed by atoms with Gasteiger partial charge in [0.1, 0.15) is 0 Å². The van der Waals surface area contributed by atoms with Gasteiger partial charge in [-0.1, -0.05) is 30.3 Å². The van der Waals surface area contributed by atoms with E-state index in [1.165, 1.54) is 5.56 Å². The fourth-order valence-corrected chi connectivity index (χ4v) is 2.90. The number of pyridine rings is 1. The molecule has 1 fully saturated rings. The van der Waals surface area contributed by atoms with Gasteiger partial charge in [-0.25, -0.2) is 0 Å². The molecule has 3 heteroatoms. The maximum absolute atomic E-state index is 12.7. The van der Waals surface area contributed by atoms with Crippen molar-refractivity contribution in [2.24, 2.45) is 0 Å². The molecule has 1 saturated heterocycles. The van der Waals surface area contributed by atoms with Gasteiger partial charge in [0.15, 0.2) is 0 Å². The molecule has 0 radical (unpaired) electrons. The van der Waals surface area contributed by atoms with Crippen LogP contribution in [0.4, 0.5) is 0 Å². The summed E-state index contributed by atoms with van der Waals surface area (Å²) in [4.78, 5) is 18.9. The third-order valence-electron chi connectivity index (χ3n) is 3.94. The molecule has 3 rings (SSSR count). The Morgan fingerprint density at radius 3 is 2.75 bits per heavy atom. The standard InChI is InChI=1S/C17H18N2O/c1-13-15(9-5-11-18-13)17(20)19-12-6-10-16(19)14-7-3-2-4-8-14/h2-5,7-9,11,16H,6,10,12H2,1H3. The molecule has 1 atom stereocenters. The maximum Gasteiger partial charge on any atom is 0.256 e. The highest BCUT2D eigenvalue weighted by Gasteiger charge is 2.31. The zero-order valence-electron chi connectivity index (χ0n) is 11.6. The molecule has 1 unspecified atom stereocenters. The number of carbonyl (C=O) groups excluding carboxylic acids is 1. The Kier molecular flexibility index (Phi) is 3.50. The van der Waals surface area contributed by atoms with Gasteiger partial charge in [-0.2, -0.15) is 0 Å². The van der Waals surface area contributed by atoms with Crippen LogP contribution in [0.3, 0.4) is 0 Å². The van der Waals surface area contributed by atoms with E-state index in [2.05, 4.69) is 17.1 Å². The maximum atomic E-state index is 12.7. The van der Waals surface area contributed by atoms with Gasteiger partial charge in [0.25, 0.3) is 5.91 Å². The first-order valence-corrected chi connectivity index (χ1v) is 7.05. The second-order valence-corrected chi connectivity index (χ2v) is 5.20. The molecule has 0 spiro atoms. The number of hydrogen-bond donors (Lipinski definition) is 0. The smallest absolute Gasteiger partial charge is 0.256 e. The number of aryl methyl sites for hydroxylation is 1.